The summed E-state index contributed by atoms with van der Waals surface area (Å²) < 4.78 is 14.4. The summed E-state index contributed by atoms with van der Waals surface area (Å²) in [6, 6.07) is 4.43. The summed E-state index contributed by atoms with van der Waals surface area (Å²) in [4.78, 5) is 47.5. The second kappa shape index (κ2) is 8.01. The lowest BCUT2D eigenvalue weighted by Gasteiger charge is -2.36. The van der Waals surface area contributed by atoms with Crippen LogP contribution in [-0.4, -0.2) is 52.7 Å². The Hall–Kier alpha value is -3.03. The highest BCUT2D eigenvalue weighted by Gasteiger charge is 2.28. The molecule has 3 rings (SSSR count). The number of H-pyrrole nitrogens is 1. The molecule has 160 valence electrons. The van der Waals surface area contributed by atoms with Gasteiger partial charge in [0.15, 0.2) is 5.78 Å². The number of hydrogen-bond acceptors (Lipinski definition) is 5. The quantitative estimate of drug-likeness (QED) is 0.781. The number of aryl methyl sites for hydroxylation is 1. The van der Waals surface area contributed by atoms with Crippen LogP contribution in [0.1, 0.15) is 59.9 Å². The fourth-order valence-corrected chi connectivity index (χ4v) is 3.48. The Balaban J connectivity index is 1.75. The van der Waals surface area contributed by atoms with E-state index < -0.39 is 11.4 Å². The van der Waals surface area contributed by atoms with Crippen LogP contribution < -0.4 is 10.5 Å². The van der Waals surface area contributed by atoms with Crippen LogP contribution in [-0.2, 0) is 5.41 Å². The number of hydrogen-bond donors (Lipinski definition) is 1. The minimum atomic E-state index is -0.461. The second-order valence-electron chi connectivity index (χ2n) is 8.63. The van der Waals surface area contributed by atoms with Gasteiger partial charge in [0, 0.05) is 37.2 Å². The molecule has 0 bridgehead atoms. The minimum absolute atomic E-state index is 0.0495. The van der Waals surface area contributed by atoms with Crippen LogP contribution in [0.3, 0.4) is 0 Å². The van der Waals surface area contributed by atoms with Gasteiger partial charge in [0.05, 0.1) is 11.4 Å². The Morgan fingerprint density at radius 3 is 2.27 bits per heavy atom. The van der Waals surface area contributed by atoms with Gasteiger partial charge in [-0.05, 0) is 32.0 Å². The molecule has 2 heterocycles. The van der Waals surface area contributed by atoms with Crippen molar-refractivity contribution in [3.8, 4) is 0 Å². The van der Waals surface area contributed by atoms with Crippen molar-refractivity contribution in [2.75, 3.05) is 31.1 Å². The molecule has 0 atom stereocenters. The van der Waals surface area contributed by atoms with E-state index in [1.165, 1.54) is 13.0 Å². The molecule has 2 aromatic rings. The molecule has 1 saturated heterocycles. The molecule has 7 nitrogen and oxygen atoms in total. The number of Topliss-reactive ketones (excluding diaryl/α,β-unsaturated/α-hetero) is 1. The molecule has 0 aliphatic carbocycles. The molecular formula is C22H27FN4O3. The fraction of sp³-hybridized carbons (Fsp3) is 0.455. The van der Waals surface area contributed by atoms with Crippen molar-refractivity contribution in [1.29, 1.82) is 0 Å². The first-order valence-corrected chi connectivity index (χ1v) is 9.95. The molecule has 1 aromatic carbocycles. The zero-order valence-electron chi connectivity index (χ0n) is 18.0. The van der Waals surface area contributed by atoms with Gasteiger partial charge in [0.1, 0.15) is 17.2 Å². The molecule has 1 aliphatic rings. The standard InChI is InChI=1S/C22H27FN4O3/c1-13-18(19(29)25-21(24-13)22(3,4)5)20(30)27-10-8-26(9-11-27)17-7-6-15(14(2)28)12-16(17)23/h6-7,12H,8-11H2,1-5H3,(H,24,25,29). The first-order valence-electron chi connectivity index (χ1n) is 9.95. The summed E-state index contributed by atoms with van der Waals surface area (Å²) in [5, 5.41) is 0. The van der Waals surface area contributed by atoms with Crippen molar-refractivity contribution in [3.05, 3.63) is 57.0 Å². The van der Waals surface area contributed by atoms with Crippen LogP contribution in [0.5, 0.6) is 0 Å². The maximum atomic E-state index is 14.4. The number of carbonyl (C=O) groups excluding carboxylic acids is 2. The zero-order valence-corrected chi connectivity index (χ0v) is 18.0. The number of rotatable bonds is 3. The molecule has 1 aliphatic heterocycles. The van der Waals surface area contributed by atoms with E-state index in [-0.39, 0.29) is 22.7 Å². The summed E-state index contributed by atoms with van der Waals surface area (Å²) in [7, 11) is 0. The maximum Gasteiger partial charge on any atom is 0.264 e. The van der Waals surface area contributed by atoms with Crippen LogP contribution in [0.25, 0.3) is 0 Å². The second-order valence-corrected chi connectivity index (χ2v) is 8.63. The first kappa shape index (κ1) is 21.7. The predicted octanol–water partition coefficient (Wildman–Crippen LogP) is 2.68. The minimum Gasteiger partial charge on any atom is -0.366 e. The number of amides is 1. The molecular weight excluding hydrogens is 387 g/mol. The lowest BCUT2D eigenvalue weighted by Crippen LogP contribution is -2.50. The number of piperazine rings is 1. The number of aromatic nitrogens is 2. The average molecular weight is 414 g/mol. The number of nitrogens with one attached hydrogen (secondary N) is 1. The number of halogens is 1. The smallest absolute Gasteiger partial charge is 0.264 e. The first-order chi connectivity index (χ1) is 14.0. The summed E-state index contributed by atoms with van der Waals surface area (Å²) in [5.74, 6) is -0.483. The molecule has 1 aromatic heterocycles. The number of anilines is 1. The Morgan fingerprint density at radius 2 is 1.77 bits per heavy atom. The van der Waals surface area contributed by atoms with E-state index in [9.17, 15) is 18.8 Å². The monoisotopic (exact) mass is 414 g/mol. The van der Waals surface area contributed by atoms with E-state index >= 15 is 0 Å². The Kier molecular flexibility index (Phi) is 5.78. The van der Waals surface area contributed by atoms with Crippen molar-refractivity contribution in [2.45, 2.75) is 40.0 Å². The van der Waals surface area contributed by atoms with Gasteiger partial charge in [-0.1, -0.05) is 20.8 Å². The van der Waals surface area contributed by atoms with E-state index in [2.05, 4.69) is 9.97 Å². The molecule has 1 N–H and O–H groups in total. The highest BCUT2D eigenvalue weighted by atomic mass is 19.1. The van der Waals surface area contributed by atoms with Gasteiger partial charge in [-0.15, -0.1) is 0 Å². The van der Waals surface area contributed by atoms with Crippen molar-refractivity contribution >= 4 is 17.4 Å². The van der Waals surface area contributed by atoms with Crippen LogP contribution in [0.15, 0.2) is 23.0 Å². The number of benzene rings is 1. The molecule has 1 amide bonds. The van der Waals surface area contributed by atoms with Gasteiger partial charge >= 0.3 is 0 Å². The van der Waals surface area contributed by atoms with Crippen LogP contribution in [0, 0.1) is 12.7 Å². The van der Waals surface area contributed by atoms with Gasteiger partial charge in [0.25, 0.3) is 11.5 Å². The third-order valence-corrected chi connectivity index (χ3v) is 5.29. The van der Waals surface area contributed by atoms with Crippen molar-refractivity contribution in [2.24, 2.45) is 0 Å². The van der Waals surface area contributed by atoms with Crippen LogP contribution in [0.4, 0.5) is 10.1 Å². The fourth-order valence-electron chi connectivity index (χ4n) is 3.48. The SMILES string of the molecule is CC(=O)c1ccc(N2CCN(C(=O)c3c(C)nc(C(C)(C)C)[nH]c3=O)CC2)c(F)c1. The highest BCUT2D eigenvalue weighted by Crippen LogP contribution is 2.23. The maximum absolute atomic E-state index is 14.4. The van der Waals surface area contributed by atoms with Crippen molar-refractivity contribution < 1.29 is 14.0 Å². The van der Waals surface area contributed by atoms with Crippen molar-refractivity contribution in [1.82, 2.24) is 14.9 Å². The molecule has 8 heteroatoms. The van der Waals surface area contributed by atoms with Gasteiger partial charge in [-0.2, -0.15) is 0 Å². The van der Waals surface area contributed by atoms with E-state index in [0.29, 0.717) is 48.9 Å². The van der Waals surface area contributed by atoms with Crippen LogP contribution >= 0.6 is 0 Å². The van der Waals surface area contributed by atoms with E-state index in [4.69, 9.17) is 0 Å². The van der Waals surface area contributed by atoms with Crippen LogP contribution in [0.2, 0.25) is 0 Å². The molecule has 0 spiro atoms. The third-order valence-electron chi connectivity index (χ3n) is 5.29. The summed E-state index contributed by atoms with van der Waals surface area (Å²) in [6.45, 7) is 10.4. The lowest BCUT2D eigenvalue weighted by molar-refractivity contribution is 0.0743. The highest BCUT2D eigenvalue weighted by molar-refractivity contribution is 5.95. The zero-order chi connectivity index (χ0) is 22.2. The van der Waals surface area contributed by atoms with Crippen molar-refractivity contribution in [3.63, 3.8) is 0 Å². The summed E-state index contributed by atoms with van der Waals surface area (Å²) >= 11 is 0. The van der Waals surface area contributed by atoms with Gasteiger partial charge in [0.2, 0.25) is 0 Å². The third kappa shape index (κ3) is 4.27. The average Bonchev–Trinajstić information content (AvgIpc) is 2.66. The van der Waals surface area contributed by atoms with Gasteiger partial charge < -0.3 is 14.8 Å². The number of ketones is 1. The molecule has 0 saturated carbocycles. The number of carbonyl (C=O) groups is 2. The van der Waals surface area contributed by atoms with E-state index in [1.54, 1.807) is 24.0 Å². The predicted molar refractivity (Wildman–Crippen MR) is 113 cm³/mol. The lowest BCUT2D eigenvalue weighted by atomic mass is 9.95. The molecule has 0 unspecified atom stereocenters. The summed E-state index contributed by atoms with van der Waals surface area (Å²) in [6.07, 6.45) is 0. The Labute approximate surface area is 174 Å². The topological polar surface area (TPSA) is 86.4 Å². The van der Waals surface area contributed by atoms with E-state index in [0.717, 1.165) is 0 Å². The number of nitrogens with zero attached hydrogens (tertiary/aromatic N) is 3. The van der Waals surface area contributed by atoms with E-state index in [1.807, 2.05) is 25.7 Å². The Bertz CT molecular complexity index is 1050. The van der Waals surface area contributed by atoms with Gasteiger partial charge in [-0.25, -0.2) is 9.37 Å². The molecule has 0 radical (unpaired) electrons. The Morgan fingerprint density at radius 1 is 1.13 bits per heavy atom. The van der Waals surface area contributed by atoms with Gasteiger partial charge in [-0.3, -0.25) is 14.4 Å². The number of aromatic amines is 1. The summed E-state index contributed by atoms with van der Waals surface area (Å²) in [5.41, 5.74) is 0.406. The molecule has 1 fully saturated rings. The largest absolute Gasteiger partial charge is 0.366 e. The normalized spacial score (nSPS) is 14.7. The molecule has 30 heavy (non-hydrogen) atoms.